The highest BCUT2D eigenvalue weighted by Gasteiger charge is 2.18. The number of hydrogen-bond donors (Lipinski definition) is 1. The predicted octanol–water partition coefficient (Wildman–Crippen LogP) is 4.03. The van der Waals surface area contributed by atoms with Crippen LogP contribution in [0.1, 0.15) is 17.3 Å². The van der Waals surface area contributed by atoms with Gasteiger partial charge in [0.25, 0.3) is 5.56 Å². The van der Waals surface area contributed by atoms with Gasteiger partial charge in [-0.25, -0.2) is 14.3 Å². The Morgan fingerprint density at radius 3 is 2.73 bits per heavy atom. The average molecular weight is 421 g/mol. The van der Waals surface area contributed by atoms with Gasteiger partial charge < -0.3 is 9.47 Å². The standard InChI is InChI=1S/C22H19N3O4S/c1-3-29-22(27)17-12-23-20-16(13-24-25(20)21(17)26)14-9-10-19(18(11-14)28-2)30-15-7-5-4-6-8-15/h4-13,24H,3H2,1-2H3. The number of ether oxygens (including phenoxy) is 2. The quantitative estimate of drug-likeness (QED) is 0.473. The number of carbonyl (C=O) groups is 1. The van der Waals surface area contributed by atoms with E-state index >= 15 is 0 Å². The van der Waals surface area contributed by atoms with Crippen molar-refractivity contribution >= 4 is 23.4 Å². The molecule has 0 saturated carbocycles. The van der Waals surface area contributed by atoms with Gasteiger partial charge in [0, 0.05) is 22.9 Å². The van der Waals surface area contributed by atoms with E-state index in [2.05, 4.69) is 10.1 Å². The number of nitrogens with one attached hydrogen (secondary N) is 1. The minimum absolute atomic E-state index is 0.116. The maximum atomic E-state index is 12.6. The van der Waals surface area contributed by atoms with Crippen molar-refractivity contribution in [3.8, 4) is 16.9 Å². The third kappa shape index (κ3) is 3.69. The molecule has 0 bridgehead atoms. The second kappa shape index (κ2) is 8.46. The number of nitrogens with zero attached hydrogens (tertiary/aromatic N) is 2. The molecule has 1 N–H and O–H groups in total. The van der Waals surface area contributed by atoms with Crippen LogP contribution in [0, 0.1) is 0 Å². The van der Waals surface area contributed by atoms with E-state index in [9.17, 15) is 9.59 Å². The molecule has 0 aliphatic heterocycles. The van der Waals surface area contributed by atoms with Gasteiger partial charge in [-0.3, -0.25) is 9.89 Å². The predicted molar refractivity (Wildman–Crippen MR) is 114 cm³/mol. The van der Waals surface area contributed by atoms with E-state index in [1.807, 2.05) is 48.5 Å². The SMILES string of the molecule is CCOC(=O)c1cnc2c(-c3ccc(Sc4ccccc4)c(OC)c3)c[nH]n2c1=O. The molecule has 2 aromatic heterocycles. The molecule has 0 spiro atoms. The summed E-state index contributed by atoms with van der Waals surface area (Å²) in [5.74, 6) is 0.0238. The summed E-state index contributed by atoms with van der Waals surface area (Å²) < 4.78 is 11.7. The molecular formula is C22H19N3O4S. The fraction of sp³-hybridized carbons (Fsp3) is 0.136. The second-order valence-corrected chi connectivity index (χ2v) is 7.44. The lowest BCUT2D eigenvalue weighted by Crippen LogP contribution is -2.24. The van der Waals surface area contributed by atoms with E-state index in [1.54, 1.807) is 32.0 Å². The average Bonchev–Trinajstić information content (AvgIpc) is 3.20. The van der Waals surface area contributed by atoms with Gasteiger partial charge in [0.15, 0.2) is 5.65 Å². The fourth-order valence-electron chi connectivity index (χ4n) is 3.05. The van der Waals surface area contributed by atoms with E-state index in [0.29, 0.717) is 11.4 Å². The number of aromatic amines is 1. The van der Waals surface area contributed by atoms with Crippen LogP contribution in [-0.2, 0) is 4.74 Å². The van der Waals surface area contributed by atoms with Crippen LogP contribution in [0.3, 0.4) is 0 Å². The van der Waals surface area contributed by atoms with Gasteiger partial charge in [-0.1, -0.05) is 36.0 Å². The van der Waals surface area contributed by atoms with Crippen molar-refractivity contribution in [1.29, 1.82) is 0 Å². The van der Waals surface area contributed by atoms with Crippen molar-refractivity contribution in [1.82, 2.24) is 14.6 Å². The molecule has 8 heteroatoms. The van der Waals surface area contributed by atoms with Gasteiger partial charge in [-0.15, -0.1) is 0 Å². The fourth-order valence-corrected chi connectivity index (χ4v) is 3.98. The van der Waals surface area contributed by atoms with E-state index in [0.717, 1.165) is 20.9 Å². The first-order chi connectivity index (χ1) is 14.6. The molecule has 0 radical (unpaired) electrons. The summed E-state index contributed by atoms with van der Waals surface area (Å²) in [7, 11) is 1.62. The normalized spacial score (nSPS) is 10.9. The summed E-state index contributed by atoms with van der Waals surface area (Å²) in [5.41, 5.74) is 1.34. The van der Waals surface area contributed by atoms with Crippen LogP contribution in [0.25, 0.3) is 16.8 Å². The highest BCUT2D eigenvalue weighted by molar-refractivity contribution is 7.99. The van der Waals surface area contributed by atoms with E-state index in [1.165, 1.54) is 10.7 Å². The summed E-state index contributed by atoms with van der Waals surface area (Å²) in [6.45, 7) is 1.87. The van der Waals surface area contributed by atoms with Gasteiger partial charge in [-0.05, 0) is 36.8 Å². The second-order valence-electron chi connectivity index (χ2n) is 6.32. The van der Waals surface area contributed by atoms with E-state index in [4.69, 9.17) is 9.47 Å². The minimum Gasteiger partial charge on any atom is -0.496 e. The molecule has 7 nitrogen and oxygen atoms in total. The molecule has 0 unspecified atom stereocenters. The molecule has 152 valence electrons. The van der Waals surface area contributed by atoms with Crippen LogP contribution in [0.2, 0.25) is 0 Å². The summed E-state index contributed by atoms with van der Waals surface area (Å²) >= 11 is 1.61. The van der Waals surface area contributed by atoms with Crippen molar-refractivity contribution < 1.29 is 14.3 Å². The lowest BCUT2D eigenvalue weighted by Gasteiger charge is -2.10. The van der Waals surface area contributed by atoms with Crippen LogP contribution >= 0.6 is 11.8 Å². The molecule has 0 saturated heterocycles. The van der Waals surface area contributed by atoms with Crippen molar-refractivity contribution in [2.24, 2.45) is 0 Å². The molecule has 0 fully saturated rings. The first kappa shape index (κ1) is 19.8. The van der Waals surface area contributed by atoms with Gasteiger partial charge >= 0.3 is 5.97 Å². The smallest absolute Gasteiger partial charge is 0.345 e. The van der Waals surface area contributed by atoms with Gasteiger partial charge in [-0.2, -0.15) is 0 Å². The number of methoxy groups -OCH3 is 1. The lowest BCUT2D eigenvalue weighted by atomic mass is 10.1. The molecule has 4 rings (SSSR count). The van der Waals surface area contributed by atoms with Gasteiger partial charge in [0.2, 0.25) is 0 Å². The molecular weight excluding hydrogens is 402 g/mol. The van der Waals surface area contributed by atoms with Crippen molar-refractivity contribution in [2.45, 2.75) is 16.7 Å². The third-order valence-electron chi connectivity index (χ3n) is 4.48. The van der Waals surface area contributed by atoms with Crippen LogP contribution in [-0.4, -0.2) is 34.3 Å². The summed E-state index contributed by atoms with van der Waals surface area (Å²) in [6.07, 6.45) is 2.93. The largest absolute Gasteiger partial charge is 0.496 e. The van der Waals surface area contributed by atoms with Crippen LogP contribution in [0.5, 0.6) is 5.75 Å². The molecule has 2 aromatic carbocycles. The molecule has 2 heterocycles. The monoisotopic (exact) mass is 421 g/mol. The number of hydrogen-bond acceptors (Lipinski definition) is 6. The Labute approximate surface area is 176 Å². The Morgan fingerprint density at radius 1 is 1.20 bits per heavy atom. The molecule has 30 heavy (non-hydrogen) atoms. The number of esters is 1. The van der Waals surface area contributed by atoms with Gasteiger partial charge in [0.1, 0.15) is 11.3 Å². The number of aromatic nitrogens is 3. The maximum absolute atomic E-state index is 12.6. The zero-order chi connectivity index (χ0) is 21.1. The van der Waals surface area contributed by atoms with Crippen molar-refractivity contribution in [3.05, 3.63) is 76.8 Å². The molecule has 0 atom stereocenters. The summed E-state index contributed by atoms with van der Waals surface area (Å²) in [4.78, 5) is 31.0. The number of H-pyrrole nitrogens is 1. The molecule has 0 aliphatic rings. The first-order valence-corrected chi connectivity index (χ1v) is 10.1. The van der Waals surface area contributed by atoms with Crippen LogP contribution in [0.4, 0.5) is 0 Å². The highest BCUT2D eigenvalue weighted by Crippen LogP contribution is 2.37. The Hall–Kier alpha value is -3.52. The third-order valence-corrected chi connectivity index (χ3v) is 5.55. The van der Waals surface area contributed by atoms with Crippen LogP contribution in [0.15, 0.2) is 75.5 Å². The topological polar surface area (TPSA) is 85.7 Å². The Balaban J connectivity index is 1.73. The maximum Gasteiger partial charge on any atom is 0.345 e. The Bertz CT molecular complexity index is 1260. The molecule has 0 aliphatic carbocycles. The number of fused-ring (bicyclic) bond motifs is 1. The number of carbonyl (C=O) groups excluding carboxylic acids is 1. The zero-order valence-corrected chi connectivity index (χ0v) is 17.2. The summed E-state index contributed by atoms with van der Waals surface area (Å²) in [5, 5.41) is 2.87. The number of rotatable bonds is 6. The zero-order valence-electron chi connectivity index (χ0n) is 16.4. The highest BCUT2D eigenvalue weighted by atomic mass is 32.2. The van der Waals surface area contributed by atoms with Crippen LogP contribution < -0.4 is 10.3 Å². The summed E-state index contributed by atoms with van der Waals surface area (Å²) in [6, 6.07) is 15.9. The first-order valence-electron chi connectivity index (χ1n) is 9.30. The van der Waals surface area contributed by atoms with Crippen molar-refractivity contribution in [3.63, 3.8) is 0 Å². The Kier molecular flexibility index (Phi) is 5.58. The van der Waals surface area contributed by atoms with E-state index in [-0.39, 0.29) is 12.2 Å². The lowest BCUT2D eigenvalue weighted by molar-refractivity contribution is 0.0523. The number of benzene rings is 2. The van der Waals surface area contributed by atoms with Gasteiger partial charge in [0.05, 0.1) is 18.6 Å². The van der Waals surface area contributed by atoms with E-state index < -0.39 is 11.5 Å². The Morgan fingerprint density at radius 2 is 2.00 bits per heavy atom. The minimum atomic E-state index is -0.690. The molecule has 4 aromatic rings. The van der Waals surface area contributed by atoms with Crippen molar-refractivity contribution in [2.75, 3.05) is 13.7 Å². The molecule has 0 amide bonds.